The van der Waals surface area contributed by atoms with Crippen LogP contribution >= 0.6 is 31.9 Å². The van der Waals surface area contributed by atoms with Gasteiger partial charge in [-0.2, -0.15) is 0 Å². The van der Waals surface area contributed by atoms with Crippen LogP contribution in [0.25, 0.3) is 0 Å². The maximum absolute atomic E-state index is 14.1. The Hall–Kier alpha value is -2.62. The van der Waals surface area contributed by atoms with Gasteiger partial charge in [-0.05, 0) is 90.3 Å². The number of carbonyl (C=O) groups excluding carboxylic acids is 3. The highest BCUT2D eigenvalue weighted by Gasteiger charge is 2.37. The molecule has 0 aromatic heterocycles. The lowest BCUT2D eigenvalue weighted by atomic mass is 9.80. The number of piperidine rings is 2. The van der Waals surface area contributed by atoms with Crippen molar-refractivity contribution in [1.29, 1.82) is 0 Å². The summed E-state index contributed by atoms with van der Waals surface area (Å²) in [5.41, 5.74) is 1.95. The monoisotopic (exact) mass is 855 g/mol. The van der Waals surface area contributed by atoms with E-state index in [9.17, 15) is 27.9 Å². The molecule has 1 aliphatic carbocycles. The number of amides is 4. The Morgan fingerprint density at radius 3 is 2.37 bits per heavy atom. The fraction of sp³-hybridized carbons (Fsp3) is 0.639. The second-order valence-corrected chi connectivity index (χ2v) is 18.2. The summed E-state index contributed by atoms with van der Waals surface area (Å²) in [5, 5.41) is 13.3. The van der Waals surface area contributed by atoms with Crippen molar-refractivity contribution in [3.8, 4) is 0 Å². The second-order valence-electron chi connectivity index (χ2n) is 14.3. The molecular formula is C36H51Br2N5O7S. The van der Waals surface area contributed by atoms with Crippen LogP contribution in [-0.2, 0) is 26.0 Å². The fourth-order valence-corrected chi connectivity index (χ4v) is 9.75. The van der Waals surface area contributed by atoms with Gasteiger partial charge in [0.1, 0.15) is 5.76 Å². The molecule has 3 aliphatic heterocycles. The van der Waals surface area contributed by atoms with Gasteiger partial charge in [0.25, 0.3) is 5.91 Å². The molecule has 2 saturated heterocycles. The van der Waals surface area contributed by atoms with Crippen LogP contribution < -0.4 is 5.32 Å². The third kappa shape index (κ3) is 10.1. The molecular weight excluding hydrogens is 806 g/mol. The molecule has 4 aliphatic rings. The number of nitrogens with one attached hydrogen (secondary N) is 1. The smallest absolute Gasteiger partial charge is 0.410 e. The average molecular weight is 858 g/mol. The molecule has 282 valence electrons. The number of rotatable bonds is 11. The molecule has 5 rings (SSSR count). The Labute approximate surface area is 318 Å². The number of fused-ring (bicyclic) bond motifs is 1. The number of hydrogen-bond acceptors (Lipinski definition) is 7. The average Bonchev–Trinajstić information content (AvgIpc) is 3.28. The van der Waals surface area contributed by atoms with E-state index in [1.165, 1.54) is 10.6 Å². The number of para-hydroxylation sites is 1. The third-order valence-electron chi connectivity index (χ3n) is 11.1. The molecule has 1 aromatic rings. The van der Waals surface area contributed by atoms with Crippen LogP contribution in [0.3, 0.4) is 0 Å². The van der Waals surface area contributed by atoms with Crippen LogP contribution in [0.15, 0.2) is 45.1 Å². The van der Waals surface area contributed by atoms with Crippen molar-refractivity contribution in [1.82, 2.24) is 19.0 Å². The Bertz CT molecular complexity index is 1610. The van der Waals surface area contributed by atoms with Gasteiger partial charge in [0.2, 0.25) is 10.0 Å². The number of urea groups is 1. The number of anilines is 1. The standard InChI is InChI=1S/C36H51Br2N5O7S/c1-4-25(9-15-40(2)51(3,48)49)26-10-16-41(17-11-26)34(45)32(23-24-21-29(37)33(44)30(38)22-24)50-36(47)42-18-13-28(14-19-42)43-20-12-27-7-5-6-8-31(27)39-35(43)46/h5-8,21,24-26,28,32,44H,4,9-20,22-23H2,1-3H3,(H,39,46)/t24?,25?,32-/m1/s1. The fourth-order valence-electron chi connectivity index (χ4n) is 7.80. The zero-order valence-corrected chi connectivity index (χ0v) is 33.7. The molecule has 1 aromatic carbocycles. The molecule has 2 N–H and O–H groups in total. The molecule has 4 amide bonds. The maximum Gasteiger partial charge on any atom is 0.410 e. The summed E-state index contributed by atoms with van der Waals surface area (Å²) in [6, 6.07) is 7.70. The molecule has 2 fully saturated rings. The zero-order valence-electron chi connectivity index (χ0n) is 29.7. The number of hydrogen-bond donors (Lipinski definition) is 2. The van der Waals surface area contributed by atoms with Crippen LogP contribution in [0.4, 0.5) is 15.3 Å². The van der Waals surface area contributed by atoms with Gasteiger partial charge >= 0.3 is 12.1 Å². The van der Waals surface area contributed by atoms with E-state index in [4.69, 9.17) is 4.74 Å². The predicted molar refractivity (Wildman–Crippen MR) is 204 cm³/mol. The summed E-state index contributed by atoms with van der Waals surface area (Å²) < 4.78 is 32.4. The van der Waals surface area contributed by atoms with Crippen molar-refractivity contribution in [2.75, 3.05) is 57.9 Å². The number of sulfonamides is 1. The molecule has 12 nitrogen and oxygen atoms in total. The van der Waals surface area contributed by atoms with E-state index in [1.807, 2.05) is 35.2 Å². The van der Waals surface area contributed by atoms with E-state index in [-0.39, 0.29) is 36.1 Å². The van der Waals surface area contributed by atoms with Crippen molar-refractivity contribution >= 4 is 65.6 Å². The van der Waals surface area contributed by atoms with E-state index in [2.05, 4.69) is 44.1 Å². The van der Waals surface area contributed by atoms with Gasteiger partial charge in [0.05, 0.1) is 10.7 Å². The van der Waals surface area contributed by atoms with Gasteiger partial charge in [-0.3, -0.25) is 4.79 Å². The Morgan fingerprint density at radius 2 is 1.73 bits per heavy atom. The SMILES string of the molecule is CCC(CCN(C)S(C)(=O)=O)C1CCN(C(=O)[C@@H](CC2C=C(Br)C(O)=C(Br)C2)OC(=O)N2CCC(N3CCc4ccccc4NC3=O)CC2)CC1. The van der Waals surface area contributed by atoms with Crippen LogP contribution in [-0.4, -0.2) is 115 Å². The van der Waals surface area contributed by atoms with Crippen molar-refractivity contribution in [2.24, 2.45) is 17.8 Å². The summed E-state index contributed by atoms with van der Waals surface area (Å²) in [4.78, 5) is 46.2. The van der Waals surface area contributed by atoms with Gasteiger partial charge < -0.3 is 29.9 Å². The Balaban J connectivity index is 1.20. The predicted octanol–water partition coefficient (Wildman–Crippen LogP) is 6.45. The van der Waals surface area contributed by atoms with Gasteiger partial charge in [0, 0.05) is 68.9 Å². The molecule has 0 bridgehead atoms. The van der Waals surface area contributed by atoms with E-state index < -0.39 is 22.2 Å². The molecule has 15 heteroatoms. The molecule has 3 heterocycles. The van der Waals surface area contributed by atoms with E-state index in [0.29, 0.717) is 79.3 Å². The molecule has 0 saturated carbocycles. The lowest BCUT2D eigenvalue weighted by Crippen LogP contribution is -2.51. The largest absolute Gasteiger partial charge is 0.506 e. The summed E-state index contributed by atoms with van der Waals surface area (Å²) in [5.74, 6) is 0.459. The molecule has 2 unspecified atom stereocenters. The quantitative estimate of drug-likeness (QED) is 0.261. The Kier molecular flexibility index (Phi) is 13.6. The minimum absolute atomic E-state index is 0.0117. The van der Waals surface area contributed by atoms with Gasteiger partial charge in [-0.25, -0.2) is 22.3 Å². The number of carbonyl (C=O) groups is 3. The summed E-state index contributed by atoms with van der Waals surface area (Å²) in [6.45, 7) is 5.10. The second kappa shape index (κ2) is 17.5. The number of aliphatic hydroxyl groups excluding tert-OH is 1. The zero-order chi connectivity index (χ0) is 36.9. The molecule has 0 radical (unpaired) electrons. The van der Waals surface area contributed by atoms with Gasteiger partial charge in [-0.1, -0.05) is 53.5 Å². The highest BCUT2D eigenvalue weighted by Crippen LogP contribution is 2.37. The first-order valence-electron chi connectivity index (χ1n) is 18.0. The summed E-state index contributed by atoms with van der Waals surface area (Å²) in [6.07, 6.45) is 7.55. The topological polar surface area (TPSA) is 140 Å². The number of benzene rings is 1. The molecule has 51 heavy (non-hydrogen) atoms. The number of aliphatic hydroxyl groups is 1. The van der Waals surface area contributed by atoms with Crippen molar-refractivity contribution < 1.29 is 32.6 Å². The van der Waals surface area contributed by atoms with Crippen LogP contribution in [0.5, 0.6) is 0 Å². The molecule has 0 spiro atoms. The van der Waals surface area contributed by atoms with E-state index >= 15 is 0 Å². The Morgan fingerprint density at radius 1 is 1.06 bits per heavy atom. The van der Waals surface area contributed by atoms with Crippen molar-refractivity contribution in [3.05, 3.63) is 50.6 Å². The minimum atomic E-state index is -3.24. The van der Waals surface area contributed by atoms with Gasteiger partial charge in [0.15, 0.2) is 6.10 Å². The lowest BCUT2D eigenvalue weighted by molar-refractivity contribution is -0.143. The number of allylic oxidation sites excluding steroid dienone is 3. The highest BCUT2D eigenvalue weighted by molar-refractivity contribution is 9.12. The van der Waals surface area contributed by atoms with E-state index in [0.717, 1.165) is 43.4 Å². The van der Waals surface area contributed by atoms with Crippen LogP contribution in [0.2, 0.25) is 0 Å². The minimum Gasteiger partial charge on any atom is -0.506 e. The van der Waals surface area contributed by atoms with Crippen molar-refractivity contribution in [2.45, 2.75) is 76.9 Å². The van der Waals surface area contributed by atoms with Crippen LogP contribution in [0.1, 0.15) is 63.9 Å². The normalized spacial score (nSPS) is 22.2. The molecule has 3 atom stereocenters. The first-order chi connectivity index (χ1) is 24.2. The number of likely N-dealkylation sites (tertiary alicyclic amines) is 2. The van der Waals surface area contributed by atoms with Gasteiger partial charge in [-0.15, -0.1) is 0 Å². The maximum atomic E-state index is 14.1. The lowest BCUT2D eigenvalue weighted by Gasteiger charge is -2.39. The summed E-state index contributed by atoms with van der Waals surface area (Å²) in [7, 11) is -1.63. The summed E-state index contributed by atoms with van der Waals surface area (Å²) >= 11 is 6.86. The number of nitrogens with zero attached hydrogens (tertiary/aromatic N) is 4. The highest BCUT2D eigenvalue weighted by atomic mass is 79.9. The van der Waals surface area contributed by atoms with Crippen LogP contribution in [0, 0.1) is 17.8 Å². The van der Waals surface area contributed by atoms with Crippen molar-refractivity contribution in [3.63, 3.8) is 0 Å². The first kappa shape index (κ1) is 39.6. The third-order valence-corrected chi connectivity index (χ3v) is 13.7. The number of halogens is 2. The first-order valence-corrected chi connectivity index (χ1v) is 21.4. The van der Waals surface area contributed by atoms with E-state index in [1.54, 1.807) is 16.8 Å². The number of ether oxygens (including phenoxy) is 1.